The number of piperazine rings is 1. The summed E-state index contributed by atoms with van der Waals surface area (Å²) in [7, 11) is -0.485. The van der Waals surface area contributed by atoms with Crippen molar-refractivity contribution in [1.29, 1.82) is 0 Å². The van der Waals surface area contributed by atoms with Gasteiger partial charge >= 0.3 is 0 Å². The third-order valence-electron chi connectivity index (χ3n) is 4.54. The number of nitrogens with one attached hydrogen (secondary N) is 1. The first kappa shape index (κ1) is 19.5. The van der Waals surface area contributed by atoms with E-state index < -0.39 is 10.2 Å². The average molecular weight is 393 g/mol. The molecule has 9 heteroatoms. The lowest BCUT2D eigenvalue weighted by Gasteiger charge is -2.36. The molecule has 1 aromatic heterocycles. The first-order valence-corrected chi connectivity index (χ1v) is 10.2. The lowest BCUT2D eigenvalue weighted by molar-refractivity contribution is 0.505. The molecular weight excluding hydrogens is 369 g/mol. The second-order valence-corrected chi connectivity index (χ2v) is 8.55. The molecule has 0 atom stereocenters. The highest BCUT2D eigenvalue weighted by molar-refractivity contribution is 7.87. The number of nitrogens with zero attached hydrogens (tertiary/aromatic N) is 4. The van der Waals surface area contributed by atoms with Crippen LogP contribution >= 0.6 is 0 Å². The fraction of sp³-hybridized carbons (Fsp3) is 0.389. The van der Waals surface area contributed by atoms with E-state index in [1.165, 1.54) is 26.2 Å². The zero-order chi connectivity index (χ0) is 19.4. The molecule has 1 aromatic carbocycles. The number of rotatable bonds is 6. The van der Waals surface area contributed by atoms with Crippen molar-refractivity contribution in [2.24, 2.45) is 0 Å². The van der Waals surface area contributed by atoms with Crippen LogP contribution in [0.25, 0.3) is 0 Å². The van der Waals surface area contributed by atoms with Crippen LogP contribution in [0, 0.1) is 5.82 Å². The smallest absolute Gasteiger partial charge is 0.279 e. The fourth-order valence-electron chi connectivity index (χ4n) is 2.89. The quantitative estimate of drug-likeness (QED) is 0.804. The molecule has 7 nitrogen and oxygen atoms in total. The summed E-state index contributed by atoms with van der Waals surface area (Å²) in [6.07, 6.45) is 1.70. The number of anilines is 2. The van der Waals surface area contributed by atoms with Crippen molar-refractivity contribution >= 4 is 21.7 Å². The Morgan fingerprint density at radius 1 is 1.07 bits per heavy atom. The van der Waals surface area contributed by atoms with Gasteiger partial charge in [0.05, 0.1) is 0 Å². The lowest BCUT2D eigenvalue weighted by Crippen LogP contribution is -2.46. The van der Waals surface area contributed by atoms with E-state index in [1.807, 2.05) is 6.07 Å². The van der Waals surface area contributed by atoms with E-state index in [2.05, 4.69) is 19.5 Å². The minimum Gasteiger partial charge on any atom is -0.368 e. The van der Waals surface area contributed by atoms with Gasteiger partial charge < -0.3 is 9.80 Å². The molecule has 146 valence electrons. The number of hydrogen-bond acceptors (Lipinski definition) is 5. The Labute approximate surface area is 159 Å². The summed E-state index contributed by atoms with van der Waals surface area (Å²) in [4.78, 5) is 8.81. The molecule has 0 spiro atoms. The van der Waals surface area contributed by atoms with E-state index in [9.17, 15) is 12.8 Å². The Kier molecular flexibility index (Phi) is 5.93. The molecule has 27 heavy (non-hydrogen) atoms. The van der Waals surface area contributed by atoms with Gasteiger partial charge in [-0.1, -0.05) is 0 Å². The summed E-state index contributed by atoms with van der Waals surface area (Å²) in [5.41, 5.74) is 1.86. The number of pyridine rings is 1. The van der Waals surface area contributed by atoms with Crippen LogP contribution < -0.4 is 14.5 Å². The molecule has 1 fully saturated rings. The Hall–Kier alpha value is -2.23. The lowest BCUT2D eigenvalue weighted by atomic mass is 10.2. The molecule has 0 unspecified atom stereocenters. The molecule has 0 saturated carbocycles. The maximum atomic E-state index is 13.1. The number of hydrogen-bond donors (Lipinski definition) is 1. The third kappa shape index (κ3) is 4.94. The minimum atomic E-state index is -3.46. The van der Waals surface area contributed by atoms with Crippen LogP contribution in [0.15, 0.2) is 42.6 Å². The van der Waals surface area contributed by atoms with E-state index in [1.54, 1.807) is 24.4 Å². The summed E-state index contributed by atoms with van der Waals surface area (Å²) >= 11 is 0. The van der Waals surface area contributed by atoms with Gasteiger partial charge in [0.25, 0.3) is 10.2 Å². The monoisotopic (exact) mass is 393 g/mol. The number of halogens is 1. The van der Waals surface area contributed by atoms with Crippen LogP contribution in [0.5, 0.6) is 0 Å². The number of benzene rings is 1. The molecule has 1 aliphatic rings. The largest absolute Gasteiger partial charge is 0.368 e. The summed E-state index contributed by atoms with van der Waals surface area (Å²) in [5.74, 6) is 0.596. The van der Waals surface area contributed by atoms with E-state index in [0.717, 1.165) is 47.6 Å². The van der Waals surface area contributed by atoms with Gasteiger partial charge in [-0.2, -0.15) is 17.4 Å². The molecule has 1 N–H and O–H groups in total. The summed E-state index contributed by atoms with van der Waals surface area (Å²) < 4.78 is 40.5. The Morgan fingerprint density at radius 2 is 1.70 bits per heavy atom. The first-order valence-electron chi connectivity index (χ1n) is 8.73. The fourth-order valence-corrected chi connectivity index (χ4v) is 3.50. The highest BCUT2D eigenvalue weighted by Crippen LogP contribution is 2.20. The molecule has 0 bridgehead atoms. The SMILES string of the molecule is CN(C)S(=O)(=O)NCc1ccnc(N2CCN(c3ccc(F)cc3)CC2)c1. The maximum absolute atomic E-state index is 13.1. The Bertz CT molecular complexity index is 866. The summed E-state index contributed by atoms with van der Waals surface area (Å²) in [6.45, 7) is 3.41. The highest BCUT2D eigenvalue weighted by Gasteiger charge is 2.19. The maximum Gasteiger partial charge on any atom is 0.279 e. The van der Waals surface area contributed by atoms with Gasteiger partial charge in [-0.3, -0.25) is 0 Å². The van der Waals surface area contributed by atoms with Gasteiger partial charge in [0, 0.05) is 58.7 Å². The van der Waals surface area contributed by atoms with E-state index >= 15 is 0 Å². The van der Waals surface area contributed by atoms with Gasteiger partial charge in [0.1, 0.15) is 11.6 Å². The molecule has 2 aromatic rings. The number of aromatic nitrogens is 1. The predicted octanol–water partition coefficient (Wildman–Crippen LogP) is 1.44. The summed E-state index contributed by atoms with van der Waals surface area (Å²) in [5, 5.41) is 0. The molecular formula is C18H24FN5O2S. The standard InChI is InChI=1S/C18H24FN5O2S/c1-22(2)27(25,26)21-14-15-7-8-20-18(13-15)24-11-9-23(10-12-24)17-5-3-16(19)4-6-17/h3-8,13,21H,9-12,14H2,1-2H3. The van der Waals surface area contributed by atoms with Gasteiger partial charge in [-0.25, -0.2) is 9.37 Å². The third-order valence-corrected chi connectivity index (χ3v) is 6.02. The van der Waals surface area contributed by atoms with Crippen molar-refractivity contribution in [3.05, 3.63) is 54.0 Å². The normalized spacial score (nSPS) is 15.4. The molecule has 1 saturated heterocycles. The first-order chi connectivity index (χ1) is 12.8. The van der Waals surface area contributed by atoms with Crippen molar-refractivity contribution in [1.82, 2.24) is 14.0 Å². The molecule has 0 amide bonds. The minimum absolute atomic E-state index is 0.214. The molecule has 1 aliphatic heterocycles. The van der Waals surface area contributed by atoms with Gasteiger partial charge in [0.15, 0.2) is 0 Å². The zero-order valence-electron chi connectivity index (χ0n) is 15.5. The molecule has 0 radical (unpaired) electrons. The van der Waals surface area contributed by atoms with E-state index in [0.29, 0.717) is 0 Å². The topological polar surface area (TPSA) is 68.8 Å². The van der Waals surface area contributed by atoms with Crippen LogP contribution in [0.2, 0.25) is 0 Å². The second kappa shape index (κ2) is 8.20. The Morgan fingerprint density at radius 3 is 2.33 bits per heavy atom. The van der Waals surface area contributed by atoms with E-state index in [4.69, 9.17) is 0 Å². The van der Waals surface area contributed by atoms with Crippen molar-refractivity contribution < 1.29 is 12.8 Å². The van der Waals surface area contributed by atoms with Crippen LogP contribution in [0.1, 0.15) is 5.56 Å². The van der Waals surface area contributed by atoms with Crippen LogP contribution in [0.4, 0.5) is 15.9 Å². The van der Waals surface area contributed by atoms with Gasteiger partial charge in [-0.05, 0) is 42.0 Å². The van der Waals surface area contributed by atoms with Gasteiger partial charge in [0.2, 0.25) is 0 Å². The van der Waals surface area contributed by atoms with Crippen molar-refractivity contribution in [2.75, 3.05) is 50.1 Å². The highest BCUT2D eigenvalue weighted by atomic mass is 32.2. The Balaban J connectivity index is 1.60. The van der Waals surface area contributed by atoms with E-state index in [-0.39, 0.29) is 12.4 Å². The predicted molar refractivity (Wildman–Crippen MR) is 105 cm³/mol. The average Bonchev–Trinajstić information content (AvgIpc) is 2.67. The van der Waals surface area contributed by atoms with Gasteiger partial charge in [-0.15, -0.1) is 0 Å². The van der Waals surface area contributed by atoms with Crippen LogP contribution in [-0.4, -0.2) is 58.0 Å². The molecule has 0 aliphatic carbocycles. The summed E-state index contributed by atoms with van der Waals surface area (Å²) in [6, 6.07) is 10.2. The van der Waals surface area contributed by atoms with Crippen LogP contribution in [0.3, 0.4) is 0 Å². The van der Waals surface area contributed by atoms with Crippen molar-refractivity contribution in [3.8, 4) is 0 Å². The molecule has 3 rings (SSSR count). The van der Waals surface area contributed by atoms with Crippen molar-refractivity contribution in [2.45, 2.75) is 6.54 Å². The molecule has 2 heterocycles. The van der Waals surface area contributed by atoms with Crippen LogP contribution in [-0.2, 0) is 16.8 Å². The van der Waals surface area contributed by atoms with Crippen molar-refractivity contribution in [3.63, 3.8) is 0 Å². The second-order valence-electron chi connectivity index (χ2n) is 6.58. The zero-order valence-corrected chi connectivity index (χ0v) is 16.3.